The highest BCUT2D eigenvalue weighted by Crippen LogP contribution is 2.35. The van der Waals surface area contributed by atoms with Gasteiger partial charge in [-0.05, 0) is 85.3 Å². The third kappa shape index (κ3) is 4.89. The molecule has 6 heteroatoms. The van der Waals surface area contributed by atoms with Gasteiger partial charge in [0.05, 0.1) is 0 Å². The molecule has 162 valence electrons. The van der Waals surface area contributed by atoms with Gasteiger partial charge in [0.25, 0.3) is 0 Å². The van der Waals surface area contributed by atoms with Crippen LogP contribution in [0.2, 0.25) is 0 Å². The molecular formula is C25H30N4O2. The van der Waals surface area contributed by atoms with Crippen molar-refractivity contribution in [1.29, 1.82) is 0 Å². The average molecular weight is 419 g/mol. The molecule has 5 rings (SSSR count). The number of nitrogens with zero attached hydrogens (tertiary/aromatic N) is 2. The fourth-order valence-electron chi connectivity index (χ4n) is 4.85. The van der Waals surface area contributed by atoms with Crippen molar-refractivity contribution in [2.24, 2.45) is 5.92 Å². The van der Waals surface area contributed by atoms with Gasteiger partial charge in [0.2, 0.25) is 5.91 Å². The maximum Gasteiger partial charge on any atom is 0.322 e. The molecule has 0 spiro atoms. The second kappa shape index (κ2) is 8.69. The van der Waals surface area contributed by atoms with Gasteiger partial charge in [-0.2, -0.15) is 0 Å². The lowest BCUT2D eigenvalue weighted by Gasteiger charge is -2.29. The third-order valence-electron chi connectivity index (χ3n) is 6.91. The standard InChI is InChI=1S/C25H30N4O2/c30-24(13-17-1-2-17)27-22-7-3-18(4-8-22)19-5-9-23(10-6-19)28-25(31)29-15-20-11-12-26-14-21(20)16-29/h5-6,9-12,14,17-18,22H,1-4,7-8,13,15-16H2,(H,27,30)(H,28,31)/t18-,22+. The van der Waals surface area contributed by atoms with Gasteiger partial charge in [-0.3, -0.25) is 9.78 Å². The first-order valence-corrected chi connectivity index (χ1v) is 11.5. The Morgan fingerprint density at radius 2 is 1.68 bits per heavy atom. The SMILES string of the molecule is O=C(CC1CC1)N[C@H]1CC[C@@H](c2ccc(NC(=O)N3Cc4ccncc4C3)cc2)CC1. The minimum atomic E-state index is -0.0774. The van der Waals surface area contributed by atoms with E-state index in [2.05, 4.69) is 27.8 Å². The fourth-order valence-corrected chi connectivity index (χ4v) is 4.85. The molecule has 0 atom stereocenters. The van der Waals surface area contributed by atoms with E-state index >= 15 is 0 Å². The molecule has 2 saturated carbocycles. The van der Waals surface area contributed by atoms with Crippen LogP contribution in [0.25, 0.3) is 0 Å². The van der Waals surface area contributed by atoms with E-state index in [4.69, 9.17) is 0 Å². The number of aromatic nitrogens is 1. The highest BCUT2D eigenvalue weighted by atomic mass is 16.2. The van der Waals surface area contributed by atoms with Gasteiger partial charge in [0.15, 0.2) is 0 Å². The lowest BCUT2D eigenvalue weighted by atomic mass is 9.81. The van der Waals surface area contributed by atoms with Crippen molar-refractivity contribution in [2.75, 3.05) is 5.32 Å². The van der Waals surface area contributed by atoms with Crippen LogP contribution in [-0.4, -0.2) is 27.9 Å². The van der Waals surface area contributed by atoms with Crippen molar-refractivity contribution >= 4 is 17.6 Å². The van der Waals surface area contributed by atoms with E-state index < -0.39 is 0 Å². The van der Waals surface area contributed by atoms with Gasteiger partial charge in [0.1, 0.15) is 0 Å². The van der Waals surface area contributed by atoms with E-state index in [-0.39, 0.29) is 11.9 Å². The van der Waals surface area contributed by atoms with Gasteiger partial charge in [-0.15, -0.1) is 0 Å². The Morgan fingerprint density at radius 3 is 2.39 bits per heavy atom. The summed E-state index contributed by atoms with van der Waals surface area (Å²) in [6.45, 7) is 1.23. The summed E-state index contributed by atoms with van der Waals surface area (Å²) in [7, 11) is 0. The number of pyridine rings is 1. The van der Waals surface area contributed by atoms with E-state index in [1.54, 1.807) is 11.1 Å². The molecule has 1 aromatic heterocycles. The first-order chi connectivity index (χ1) is 15.1. The van der Waals surface area contributed by atoms with Crippen molar-refractivity contribution in [3.8, 4) is 0 Å². The molecule has 0 unspecified atom stereocenters. The number of nitrogens with one attached hydrogen (secondary N) is 2. The van der Waals surface area contributed by atoms with Crippen LogP contribution in [0.4, 0.5) is 10.5 Å². The first-order valence-electron chi connectivity index (χ1n) is 11.5. The van der Waals surface area contributed by atoms with E-state index in [0.29, 0.717) is 37.4 Å². The monoisotopic (exact) mass is 418 g/mol. The molecule has 0 bridgehead atoms. The van der Waals surface area contributed by atoms with Crippen LogP contribution < -0.4 is 10.6 Å². The molecule has 2 N–H and O–H groups in total. The quantitative estimate of drug-likeness (QED) is 0.747. The molecule has 3 amide bonds. The summed E-state index contributed by atoms with van der Waals surface area (Å²) in [5, 5.41) is 6.25. The van der Waals surface area contributed by atoms with Gasteiger partial charge in [0, 0.05) is 43.6 Å². The largest absolute Gasteiger partial charge is 0.353 e. The van der Waals surface area contributed by atoms with Crippen molar-refractivity contribution in [1.82, 2.24) is 15.2 Å². The molecule has 1 aromatic carbocycles. The number of carbonyl (C=O) groups excluding carboxylic acids is 2. The minimum Gasteiger partial charge on any atom is -0.353 e. The molecule has 2 aromatic rings. The second-order valence-electron chi connectivity index (χ2n) is 9.32. The van der Waals surface area contributed by atoms with Crippen molar-refractivity contribution in [3.63, 3.8) is 0 Å². The normalized spacial score (nSPS) is 22.6. The summed E-state index contributed by atoms with van der Waals surface area (Å²) in [6.07, 6.45) is 11.1. The van der Waals surface area contributed by atoms with E-state index in [1.165, 1.54) is 24.0 Å². The zero-order valence-electron chi connectivity index (χ0n) is 17.8. The van der Waals surface area contributed by atoms with E-state index in [0.717, 1.165) is 36.9 Å². The van der Waals surface area contributed by atoms with Crippen LogP contribution in [0.1, 0.15) is 67.6 Å². The van der Waals surface area contributed by atoms with Crippen LogP contribution in [0.5, 0.6) is 0 Å². The van der Waals surface area contributed by atoms with E-state index in [1.807, 2.05) is 24.4 Å². The summed E-state index contributed by atoms with van der Waals surface area (Å²) in [4.78, 5) is 30.6. The number of benzene rings is 1. The fraction of sp³-hybridized carbons (Fsp3) is 0.480. The Morgan fingerprint density at radius 1 is 0.935 bits per heavy atom. The number of carbonyl (C=O) groups is 2. The molecule has 31 heavy (non-hydrogen) atoms. The molecule has 3 aliphatic rings. The molecular weight excluding hydrogens is 388 g/mol. The predicted octanol–water partition coefficient (Wildman–Crippen LogP) is 4.57. The number of anilines is 1. The second-order valence-corrected chi connectivity index (χ2v) is 9.32. The number of rotatable bonds is 5. The Kier molecular flexibility index (Phi) is 5.62. The molecule has 0 radical (unpaired) electrons. The molecule has 0 saturated heterocycles. The van der Waals surface area contributed by atoms with Gasteiger partial charge in [-0.25, -0.2) is 4.79 Å². The predicted molar refractivity (Wildman–Crippen MR) is 119 cm³/mol. The topological polar surface area (TPSA) is 74.3 Å². The summed E-state index contributed by atoms with van der Waals surface area (Å²) in [5.41, 5.74) is 4.43. The first kappa shape index (κ1) is 20.0. The van der Waals surface area contributed by atoms with Crippen LogP contribution in [-0.2, 0) is 17.9 Å². The van der Waals surface area contributed by atoms with E-state index in [9.17, 15) is 9.59 Å². The average Bonchev–Trinajstić information content (AvgIpc) is 3.48. The van der Waals surface area contributed by atoms with Crippen LogP contribution >= 0.6 is 0 Å². The molecule has 6 nitrogen and oxygen atoms in total. The lowest BCUT2D eigenvalue weighted by molar-refractivity contribution is -0.122. The number of urea groups is 1. The smallest absolute Gasteiger partial charge is 0.322 e. The molecule has 1 aliphatic heterocycles. The zero-order chi connectivity index (χ0) is 21.2. The van der Waals surface area contributed by atoms with Crippen molar-refractivity contribution in [2.45, 2.75) is 70.0 Å². The van der Waals surface area contributed by atoms with Crippen molar-refractivity contribution < 1.29 is 9.59 Å². The van der Waals surface area contributed by atoms with Gasteiger partial charge in [-0.1, -0.05) is 12.1 Å². The Labute approximate surface area is 183 Å². The number of hydrogen-bond acceptors (Lipinski definition) is 3. The summed E-state index contributed by atoms with van der Waals surface area (Å²) in [6, 6.07) is 10.5. The lowest BCUT2D eigenvalue weighted by Crippen LogP contribution is -2.37. The maximum absolute atomic E-state index is 12.6. The van der Waals surface area contributed by atoms with Crippen LogP contribution in [0, 0.1) is 5.92 Å². The Balaban J connectivity index is 1.10. The van der Waals surface area contributed by atoms with Gasteiger partial charge >= 0.3 is 6.03 Å². The number of fused-ring (bicyclic) bond motifs is 1. The zero-order valence-corrected chi connectivity index (χ0v) is 17.8. The highest BCUT2D eigenvalue weighted by Gasteiger charge is 2.28. The van der Waals surface area contributed by atoms with Crippen molar-refractivity contribution in [3.05, 3.63) is 59.4 Å². The Hall–Kier alpha value is -2.89. The maximum atomic E-state index is 12.6. The van der Waals surface area contributed by atoms with Crippen LogP contribution in [0.15, 0.2) is 42.7 Å². The molecule has 2 aliphatic carbocycles. The van der Waals surface area contributed by atoms with Crippen LogP contribution in [0.3, 0.4) is 0 Å². The Bertz CT molecular complexity index is 921. The summed E-state index contributed by atoms with van der Waals surface area (Å²) in [5.74, 6) is 1.42. The molecule has 2 fully saturated rings. The number of amides is 3. The number of hydrogen-bond donors (Lipinski definition) is 2. The minimum absolute atomic E-state index is 0.0774. The summed E-state index contributed by atoms with van der Waals surface area (Å²) < 4.78 is 0. The highest BCUT2D eigenvalue weighted by molar-refractivity contribution is 5.89. The molecule has 2 heterocycles. The summed E-state index contributed by atoms with van der Waals surface area (Å²) >= 11 is 0. The third-order valence-corrected chi connectivity index (χ3v) is 6.91. The van der Waals surface area contributed by atoms with Gasteiger partial charge < -0.3 is 15.5 Å².